The molecule has 0 unspecified atom stereocenters. The number of rotatable bonds is 7. The third-order valence-electron chi connectivity index (χ3n) is 2.23. The number of thioether (sulfide) groups is 1. The summed E-state index contributed by atoms with van der Waals surface area (Å²) in [5.41, 5.74) is 5.91. The van der Waals surface area contributed by atoms with Crippen molar-refractivity contribution in [2.24, 2.45) is 5.73 Å². The molecule has 1 rings (SSSR count). The minimum absolute atomic E-state index is 0.138. The van der Waals surface area contributed by atoms with Crippen molar-refractivity contribution in [3.05, 3.63) is 24.3 Å². The summed E-state index contributed by atoms with van der Waals surface area (Å²) in [6, 6.07) is 6.10. The lowest BCUT2D eigenvalue weighted by Gasteiger charge is -2.10. The molecule has 0 aliphatic heterocycles. The highest BCUT2D eigenvalue weighted by atomic mass is 32.2. The molecule has 0 aromatic heterocycles. The maximum Gasteiger partial charge on any atom is 0.321 e. The number of para-hydroxylation sites is 2. The Bertz CT molecular complexity index is 453. The number of hydrogen-bond acceptors (Lipinski definition) is 5. The highest BCUT2D eigenvalue weighted by Crippen LogP contribution is 2.23. The molecule has 4 N–H and O–H groups in total. The number of nitrogens with two attached hydrogens (primary N) is 1. The number of amides is 1. The monoisotopic (exact) mass is 284 g/mol. The van der Waals surface area contributed by atoms with Crippen LogP contribution < -0.4 is 15.8 Å². The number of nitrogens with one attached hydrogen (secondary N) is 1. The Morgan fingerprint density at radius 3 is 2.79 bits per heavy atom. The molecule has 104 valence electrons. The van der Waals surface area contributed by atoms with E-state index in [2.05, 4.69) is 5.32 Å². The van der Waals surface area contributed by atoms with Crippen molar-refractivity contribution in [1.82, 2.24) is 0 Å². The van der Waals surface area contributed by atoms with Crippen molar-refractivity contribution in [2.75, 3.05) is 23.9 Å². The number of carbonyl (C=O) groups excluding carboxylic acids is 1. The quantitative estimate of drug-likeness (QED) is 0.684. The van der Waals surface area contributed by atoms with Gasteiger partial charge in [0.1, 0.15) is 11.8 Å². The van der Waals surface area contributed by atoms with Gasteiger partial charge in [0.25, 0.3) is 0 Å². The van der Waals surface area contributed by atoms with Crippen LogP contribution in [0.15, 0.2) is 24.3 Å². The van der Waals surface area contributed by atoms with E-state index in [9.17, 15) is 9.59 Å². The van der Waals surface area contributed by atoms with Gasteiger partial charge in [0.2, 0.25) is 5.91 Å². The van der Waals surface area contributed by atoms with Crippen LogP contribution in [0.2, 0.25) is 0 Å². The van der Waals surface area contributed by atoms with Crippen LogP contribution in [0.5, 0.6) is 5.75 Å². The maximum atomic E-state index is 11.7. The first-order valence-corrected chi connectivity index (χ1v) is 6.69. The first-order chi connectivity index (χ1) is 9.04. The highest BCUT2D eigenvalue weighted by Gasteiger charge is 2.13. The Labute approximate surface area is 115 Å². The van der Waals surface area contributed by atoms with E-state index in [0.29, 0.717) is 11.4 Å². The zero-order chi connectivity index (χ0) is 14.3. The van der Waals surface area contributed by atoms with E-state index in [1.807, 2.05) is 0 Å². The maximum absolute atomic E-state index is 11.7. The molecule has 0 radical (unpaired) electrons. The van der Waals surface area contributed by atoms with Crippen molar-refractivity contribution in [1.29, 1.82) is 0 Å². The van der Waals surface area contributed by atoms with Gasteiger partial charge in [0.15, 0.2) is 0 Å². The second-order valence-electron chi connectivity index (χ2n) is 3.71. The van der Waals surface area contributed by atoms with Gasteiger partial charge >= 0.3 is 5.97 Å². The molecule has 1 aromatic rings. The van der Waals surface area contributed by atoms with Gasteiger partial charge in [-0.3, -0.25) is 9.59 Å². The van der Waals surface area contributed by atoms with E-state index < -0.39 is 12.0 Å². The van der Waals surface area contributed by atoms with Gasteiger partial charge < -0.3 is 20.9 Å². The molecule has 0 saturated heterocycles. The first-order valence-electron chi connectivity index (χ1n) is 5.53. The molecule has 1 aromatic carbocycles. The van der Waals surface area contributed by atoms with Crippen LogP contribution in [0.1, 0.15) is 0 Å². The SMILES string of the molecule is COc1ccccc1NC(=O)CSC[C@@H](N)C(=O)O. The molecule has 0 fully saturated rings. The van der Waals surface area contributed by atoms with E-state index in [1.54, 1.807) is 24.3 Å². The standard InChI is InChI=1S/C12H16N2O4S/c1-18-10-5-3-2-4-9(10)14-11(15)7-19-6-8(13)12(16)17/h2-5,8H,6-7,13H2,1H3,(H,14,15)(H,16,17)/t8-/m1/s1. The molecular weight excluding hydrogens is 268 g/mol. The Hall–Kier alpha value is -1.73. The molecule has 6 nitrogen and oxygen atoms in total. The van der Waals surface area contributed by atoms with Crippen molar-refractivity contribution in [2.45, 2.75) is 6.04 Å². The van der Waals surface area contributed by atoms with E-state index >= 15 is 0 Å². The van der Waals surface area contributed by atoms with E-state index in [4.69, 9.17) is 15.6 Å². The molecule has 1 amide bonds. The highest BCUT2D eigenvalue weighted by molar-refractivity contribution is 8.00. The molecule has 7 heteroatoms. The Kier molecular flexibility index (Phi) is 6.17. The number of carbonyl (C=O) groups is 2. The number of hydrogen-bond donors (Lipinski definition) is 3. The molecule has 1 atom stereocenters. The number of ether oxygens (including phenoxy) is 1. The summed E-state index contributed by atoms with van der Waals surface area (Å²) in [5, 5.41) is 11.3. The third kappa shape index (κ3) is 5.19. The number of methoxy groups -OCH3 is 1. The van der Waals surface area contributed by atoms with E-state index in [-0.39, 0.29) is 17.4 Å². The van der Waals surface area contributed by atoms with Gasteiger partial charge in [-0.1, -0.05) is 12.1 Å². The van der Waals surface area contributed by atoms with Crippen LogP contribution in [-0.4, -0.2) is 41.6 Å². The lowest BCUT2D eigenvalue weighted by molar-refractivity contribution is -0.137. The number of benzene rings is 1. The zero-order valence-electron chi connectivity index (χ0n) is 10.5. The predicted octanol–water partition coefficient (Wildman–Crippen LogP) is 0.779. The van der Waals surface area contributed by atoms with Crippen LogP contribution in [-0.2, 0) is 9.59 Å². The molecule has 0 saturated carbocycles. The fourth-order valence-electron chi connectivity index (χ4n) is 1.28. The average Bonchev–Trinajstić information content (AvgIpc) is 2.39. The molecule has 0 bridgehead atoms. The van der Waals surface area contributed by atoms with Gasteiger partial charge in [-0.15, -0.1) is 11.8 Å². The first kappa shape index (κ1) is 15.3. The lowest BCUT2D eigenvalue weighted by Crippen LogP contribution is -2.33. The second kappa shape index (κ2) is 7.65. The minimum Gasteiger partial charge on any atom is -0.495 e. The number of anilines is 1. The fraction of sp³-hybridized carbons (Fsp3) is 0.333. The van der Waals surface area contributed by atoms with Gasteiger partial charge in [0.05, 0.1) is 18.6 Å². The Morgan fingerprint density at radius 1 is 1.47 bits per heavy atom. The summed E-state index contributed by atoms with van der Waals surface area (Å²) in [7, 11) is 1.52. The molecule has 0 aliphatic rings. The second-order valence-corrected chi connectivity index (χ2v) is 4.74. The average molecular weight is 284 g/mol. The minimum atomic E-state index is -1.07. The van der Waals surface area contributed by atoms with Crippen LogP contribution in [0.3, 0.4) is 0 Å². The molecule has 0 aliphatic carbocycles. The van der Waals surface area contributed by atoms with Crippen LogP contribution in [0.25, 0.3) is 0 Å². The van der Waals surface area contributed by atoms with E-state index in [1.165, 1.54) is 18.9 Å². The smallest absolute Gasteiger partial charge is 0.321 e. The summed E-state index contributed by atoms with van der Waals surface area (Å²) < 4.78 is 5.10. The Balaban J connectivity index is 2.41. The van der Waals surface area contributed by atoms with Crippen molar-refractivity contribution in [3.8, 4) is 5.75 Å². The lowest BCUT2D eigenvalue weighted by atomic mass is 10.3. The van der Waals surface area contributed by atoms with Gasteiger partial charge in [-0.05, 0) is 12.1 Å². The summed E-state index contributed by atoms with van der Waals surface area (Å²) in [4.78, 5) is 22.2. The van der Waals surface area contributed by atoms with Gasteiger partial charge in [-0.2, -0.15) is 0 Å². The number of carboxylic acids is 1. The van der Waals surface area contributed by atoms with Gasteiger partial charge in [0, 0.05) is 5.75 Å². The molecule has 0 heterocycles. The van der Waals surface area contributed by atoms with Gasteiger partial charge in [-0.25, -0.2) is 0 Å². The topological polar surface area (TPSA) is 102 Å². The van der Waals surface area contributed by atoms with Crippen molar-refractivity contribution >= 4 is 29.3 Å². The Morgan fingerprint density at radius 2 is 2.16 bits per heavy atom. The molecule has 0 spiro atoms. The van der Waals surface area contributed by atoms with Crippen LogP contribution >= 0.6 is 11.8 Å². The predicted molar refractivity (Wildman–Crippen MR) is 74.6 cm³/mol. The normalized spacial score (nSPS) is 11.7. The van der Waals surface area contributed by atoms with E-state index in [0.717, 1.165) is 0 Å². The van der Waals surface area contributed by atoms with Crippen molar-refractivity contribution in [3.63, 3.8) is 0 Å². The zero-order valence-corrected chi connectivity index (χ0v) is 11.3. The summed E-state index contributed by atoms with van der Waals surface area (Å²) in [6.07, 6.45) is 0. The van der Waals surface area contributed by atoms with Crippen LogP contribution in [0, 0.1) is 0 Å². The molecular formula is C12H16N2O4S. The molecule has 19 heavy (non-hydrogen) atoms. The van der Waals surface area contributed by atoms with Crippen molar-refractivity contribution < 1.29 is 19.4 Å². The fourth-order valence-corrected chi connectivity index (χ4v) is 2.06. The third-order valence-corrected chi connectivity index (χ3v) is 3.29. The number of aliphatic carboxylic acids is 1. The summed E-state index contributed by atoms with van der Waals surface area (Å²) in [6.45, 7) is 0. The summed E-state index contributed by atoms with van der Waals surface area (Å²) >= 11 is 1.17. The largest absolute Gasteiger partial charge is 0.495 e. The van der Waals surface area contributed by atoms with Crippen LogP contribution in [0.4, 0.5) is 5.69 Å². The number of carboxylic acid groups (broad SMARTS) is 1. The summed E-state index contributed by atoms with van der Waals surface area (Å²) in [5.74, 6) is -0.402.